The van der Waals surface area contributed by atoms with Crippen LogP contribution in [0.5, 0.6) is 0 Å². The van der Waals surface area contributed by atoms with Crippen LogP contribution in [0.25, 0.3) is 0 Å². The number of hydrogen-bond donors (Lipinski definition) is 4. The topological polar surface area (TPSA) is 84.3 Å². The SMILES string of the molecule is NNc1cc(N)cc(CO)c1. The van der Waals surface area contributed by atoms with Crippen molar-refractivity contribution >= 4 is 11.4 Å². The van der Waals surface area contributed by atoms with Gasteiger partial charge in [-0.05, 0) is 23.8 Å². The van der Waals surface area contributed by atoms with Gasteiger partial charge in [0.05, 0.1) is 12.3 Å². The maximum atomic E-state index is 8.76. The standard InChI is InChI=1S/C7H11N3O/c8-6-1-5(4-11)2-7(3-6)10-9/h1-3,10-11H,4,8-9H2. The first-order chi connectivity index (χ1) is 5.26. The smallest absolute Gasteiger partial charge is 0.0683 e. The number of benzene rings is 1. The number of nitrogens with two attached hydrogens (primary N) is 2. The van der Waals surface area contributed by atoms with Crippen LogP contribution >= 0.6 is 0 Å². The third-order valence-corrected chi connectivity index (χ3v) is 1.36. The minimum Gasteiger partial charge on any atom is -0.399 e. The van der Waals surface area contributed by atoms with Crippen LogP contribution in [0, 0.1) is 0 Å². The number of hydrogen-bond acceptors (Lipinski definition) is 4. The van der Waals surface area contributed by atoms with E-state index in [0.717, 1.165) is 5.56 Å². The Morgan fingerprint density at radius 3 is 2.64 bits per heavy atom. The zero-order valence-electron chi connectivity index (χ0n) is 6.04. The maximum absolute atomic E-state index is 8.76. The molecule has 60 valence electrons. The highest BCUT2D eigenvalue weighted by molar-refractivity contribution is 5.56. The van der Waals surface area contributed by atoms with Gasteiger partial charge in [-0.25, -0.2) is 0 Å². The van der Waals surface area contributed by atoms with Crippen LogP contribution in [0.1, 0.15) is 5.56 Å². The summed E-state index contributed by atoms with van der Waals surface area (Å²) in [6, 6.07) is 5.12. The molecule has 0 aromatic heterocycles. The molecule has 1 rings (SSSR count). The van der Waals surface area contributed by atoms with E-state index < -0.39 is 0 Å². The van der Waals surface area contributed by atoms with E-state index >= 15 is 0 Å². The van der Waals surface area contributed by atoms with Gasteiger partial charge in [-0.15, -0.1) is 0 Å². The Labute approximate surface area is 64.8 Å². The van der Waals surface area contributed by atoms with Crippen LogP contribution in [-0.2, 0) is 6.61 Å². The first-order valence-electron chi connectivity index (χ1n) is 3.23. The third-order valence-electron chi connectivity index (χ3n) is 1.36. The Morgan fingerprint density at radius 1 is 1.36 bits per heavy atom. The van der Waals surface area contributed by atoms with Gasteiger partial charge in [0.2, 0.25) is 0 Å². The van der Waals surface area contributed by atoms with Crippen molar-refractivity contribution in [2.75, 3.05) is 11.2 Å². The fourth-order valence-corrected chi connectivity index (χ4v) is 0.893. The number of anilines is 2. The number of nitrogen functional groups attached to an aromatic ring is 2. The van der Waals surface area contributed by atoms with Crippen molar-refractivity contribution in [2.24, 2.45) is 5.84 Å². The number of aliphatic hydroxyl groups is 1. The van der Waals surface area contributed by atoms with Gasteiger partial charge in [0.25, 0.3) is 0 Å². The molecule has 1 aromatic carbocycles. The van der Waals surface area contributed by atoms with E-state index in [1.54, 1.807) is 18.2 Å². The average Bonchev–Trinajstić information content (AvgIpc) is 2.03. The maximum Gasteiger partial charge on any atom is 0.0683 e. The number of hydrazine groups is 1. The fraction of sp³-hybridized carbons (Fsp3) is 0.143. The summed E-state index contributed by atoms with van der Waals surface area (Å²) in [6.45, 7) is -0.0281. The molecular formula is C7H11N3O. The van der Waals surface area contributed by atoms with E-state index in [1.807, 2.05) is 0 Å². The molecule has 0 saturated carbocycles. The van der Waals surface area contributed by atoms with Crippen LogP contribution in [0.4, 0.5) is 11.4 Å². The molecule has 4 heteroatoms. The van der Waals surface area contributed by atoms with Gasteiger partial charge in [-0.1, -0.05) is 0 Å². The molecule has 0 spiro atoms. The molecule has 1 aromatic rings. The van der Waals surface area contributed by atoms with Crippen LogP contribution in [0.15, 0.2) is 18.2 Å². The van der Waals surface area contributed by atoms with Gasteiger partial charge in [-0.3, -0.25) is 5.84 Å². The first-order valence-corrected chi connectivity index (χ1v) is 3.23. The van der Waals surface area contributed by atoms with Crippen molar-refractivity contribution in [3.05, 3.63) is 23.8 Å². The van der Waals surface area contributed by atoms with Crippen molar-refractivity contribution in [3.8, 4) is 0 Å². The highest BCUT2D eigenvalue weighted by Gasteiger charge is 1.95. The zero-order chi connectivity index (χ0) is 8.27. The lowest BCUT2D eigenvalue weighted by Gasteiger charge is -2.03. The van der Waals surface area contributed by atoms with Crippen molar-refractivity contribution in [3.63, 3.8) is 0 Å². The molecule has 0 radical (unpaired) electrons. The quantitative estimate of drug-likeness (QED) is 0.275. The number of aliphatic hydroxyl groups excluding tert-OH is 1. The largest absolute Gasteiger partial charge is 0.399 e. The van der Waals surface area contributed by atoms with Gasteiger partial charge in [0, 0.05) is 5.69 Å². The van der Waals surface area contributed by atoms with Gasteiger partial charge in [0.15, 0.2) is 0 Å². The Balaban J connectivity index is 3.02. The molecule has 0 aliphatic carbocycles. The third kappa shape index (κ3) is 1.83. The van der Waals surface area contributed by atoms with Gasteiger partial charge >= 0.3 is 0 Å². The molecule has 0 amide bonds. The summed E-state index contributed by atoms with van der Waals surface area (Å²) in [5.74, 6) is 5.16. The summed E-state index contributed by atoms with van der Waals surface area (Å²) in [6.07, 6.45) is 0. The van der Waals surface area contributed by atoms with E-state index in [9.17, 15) is 0 Å². The highest BCUT2D eigenvalue weighted by atomic mass is 16.3. The molecule has 0 fully saturated rings. The molecule has 0 saturated heterocycles. The van der Waals surface area contributed by atoms with E-state index in [2.05, 4.69) is 5.43 Å². The van der Waals surface area contributed by atoms with Gasteiger partial charge in [-0.2, -0.15) is 0 Å². The minimum atomic E-state index is -0.0281. The molecule has 0 bridgehead atoms. The summed E-state index contributed by atoms with van der Waals surface area (Å²) in [5, 5.41) is 8.76. The van der Waals surface area contributed by atoms with Crippen LogP contribution in [-0.4, -0.2) is 5.11 Å². The van der Waals surface area contributed by atoms with E-state index in [4.69, 9.17) is 16.7 Å². The lowest BCUT2D eigenvalue weighted by molar-refractivity contribution is 0.282. The second-order valence-electron chi connectivity index (χ2n) is 2.27. The molecule has 0 aliphatic rings. The zero-order valence-corrected chi connectivity index (χ0v) is 6.04. The summed E-state index contributed by atoms with van der Waals surface area (Å²) in [4.78, 5) is 0. The van der Waals surface area contributed by atoms with E-state index in [1.165, 1.54) is 0 Å². The van der Waals surface area contributed by atoms with Crippen molar-refractivity contribution in [1.29, 1.82) is 0 Å². The molecule has 4 nitrogen and oxygen atoms in total. The lowest BCUT2D eigenvalue weighted by atomic mass is 10.2. The summed E-state index contributed by atoms with van der Waals surface area (Å²) in [5.41, 5.74) is 9.99. The number of nitrogens with one attached hydrogen (secondary N) is 1. The summed E-state index contributed by atoms with van der Waals surface area (Å²) < 4.78 is 0. The second-order valence-corrected chi connectivity index (χ2v) is 2.27. The molecule has 0 heterocycles. The summed E-state index contributed by atoms with van der Waals surface area (Å²) in [7, 11) is 0. The monoisotopic (exact) mass is 153 g/mol. The molecule has 6 N–H and O–H groups in total. The van der Waals surface area contributed by atoms with Crippen molar-refractivity contribution in [2.45, 2.75) is 6.61 Å². The normalized spacial score (nSPS) is 9.64. The summed E-state index contributed by atoms with van der Waals surface area (Å²) >= 11 is 0. The highest BCUT2D eigenvalue weighted by Crippen LogP contribution is 2.15. The fourth-order valence-electron chi connectivity index (χ4n) is 0.893. The molecular weight excluding hydrogens is 142 g/mol. The molecule has 0 aliphatic heterocycles. The minimum absolute atomic E-state index is 0.0281. The Morgan fingerprint density at radius 2 is 2.09 bits per heavy atom. The molecule has 11 heavy (non-hydrogen) atoms. The van der Waals surface area contributed by atoms with Crippen LogP contribution in [0.2, 0.25) is 0 Å². The second kappa shape index (κ2) is 3.23. The van der Waals surface area contributed by atoms with Gasteiger partial charge < -0.3 is 16.3 Å². The number of rotatable bonds is 2. The Hall–Kier alpha value is -1.26. The Bertz CT molecular complexity index is 227. The van der Waals surface area contributed by atoms with Crippen LogP contribution in [0.3, 0.4) is 0 Å². The average molecular weight is 153 g/mol. The molecule has 0 unspecified atom stereocenters. The predicted molar refractivity (Wildman–Crippen MR) is 44.6 cm³/mol. The van der Waals surface area contributed by atoms with Crippen molar-refractivity contribution in [1.82, 2.24) is 0 Å². The van der Waals surface area contributed by atoms with Gasteiger partial charge in [0.1, 0.15) is 0 Å². The lowest BCUT2D eigenvalue weighted by Crippen LogP contribution is -2.07. The Kier molecular flexibility index (Phi) is 2.30. The van der Waals surface area contributed by atoms with Crippen LogP contribution < -0.4 is 17.0 Å². The first kappa shape index (κ1) is 7.84. The van der Waals surface area contributed by atoms with E-state index in [-0.39, 0.29) is 6.61 Å². The van der Waals surface area contributed by atoms with Crippen molar-refractivity contribution < 1.29 is 5.11 Å². The predicted octanol–water partition coefficient (Wildman–Crippen LogP) is 0.0467. The van der Waals surface area contributed by atoms with E-state index in [0.29, 0.717) is 11.4 Å². The molecule has 0 atom stereocenters.